The Hall–Kier alpha value is -3.58. The summed E-state index contributed by atoms with van der Waals surface area (Å²) >= 11 is 0. The monoisotopic (exact) mass is 452 g/mol. The number of likely N-dealkylation sites (N-methyl/N-ethyl adjacent to an activating group) is 1. The molecule has 3 aromatic rings. The first-order valence-electron chi connectivity index (χ1n) is 10.9. The molecule has 0 aliphatic carbocycles. The number of methoxy groups -OCH3 is 1. The Morgan fingerprint density at radius 1 is 0.939 bits per heavy atom. The molecule has 0 aliphatic rings. The zero-order valence-electron chi connectivity index (χ0n) is 18.9. The van der Waals surface area contributed by atoms with E-state index in [1.807, 2.05) is 42.2 Å². The van der Waals surface area contributed by atoms with Gasteiger partial charge in [0.25, 0.3) is 5.91 Å². The summed E-state index contributed by atoms with van der Waals surface area (Å²) < 4.78 is 29.6. The molecule has 0 bridgehead atoms. The Kier molecular flexibility index (Phi) is 9.08. The van der Waals surface area contributed by atoms with Gasteiger partial charge in [0.15, 0.2) is 11.5 Å². The van der Waals surface area contributed by atoms with E-state index < -0.39 is 6.67 Å². The minimum Gasteiger partial charge on any atom is -0.493 e. The molecule has 7 heteroatoms. The molecule has 0 heterocycles. The van der Waals surface area contributed by atoms with Gasteiger partial charge in [-0.15, -0.1) is 0 Å². The number of para-hydroxylation sites is 1. The standard InChI is InChI=1S/C26H29FN2O4/c1-3-29(16-15-27)17-18-32-25-19-21(11-14-24(25)31-2)28-26(30)20-9-12-23(13-10-20)33-22-7-5-4-6-8-22/h4-14,19H,3,15-18H2,1-2H3,(H,28,30). The van der Waals surface area contributed by atoms with E-state index in [9.17, 15) is 9.18 Å². The molecule has 0 radical (unpaired) electrons. The SMILES string of the molecule is CCN(CCF)CCOc1cc(NC(=O)c2ccc(Oc3ccccc3)cc2)ccc1OC. The van der Waals surface area contributed by atoms with Crippen LogP contribution in [-0.4, -0.2) is 50.8 Å². The molecular formula is C26H29FN2O4. The van der Waals surface area contributed by atoms with Crippen LogP contribution in [0.25, 0.3) is 0 Å². The summed E-state index contributed by atoms with van der Waals surface area (Å²) in [5.41, 5.74) is 1.08. The number of benzene rings is 3. The summed E-state index contributed by atoms with van der Waals surface area (Å²) in [7, 11) is 1.56. The van der Waals surface area contributed by atoms with Gasteiger partial charge in [-0.1, -0.05) is 25.1 Å². The van der Waals surface area contributed by atoms with Crippen LogP contribution < -0.4 is 19.5 Å². The van der Waals surface area contributed by atoms with Crippen LogP contribution in [0, 0.1) is 0 Å². The summed E-state index contributed by atoms with van der Waals surface area (Å²) in [4.78, 5) is 14.7. The third-order valence-corrected chi connectivity index (χ3v) is 5.03. The molecule has 1 N–H and O–H groups in total. The number of anilines is 1. The number of carbonyl (C=O) groups is 1. The number of rotatable bonds is 12. The van der Waals surface area contributed by atoms with Crippen LogP contribution in [0.5, 0.6) is 23.0 Å². The van der Waals surface area contributed by atoms with Crippen molar-refractivity contribution in [1.29, 1.82) is 0 Å². The first-order valence-corrected chi connectivity index (χ1v) is 10.9. The third-order valence-electron chi connectivity index (χ3n) is 5.03. The van der Waals surface area contributed by atoms with Gasteiger partial charge in [-0.3, -0.25) is 9.69 Å². The molecule has 6 nitrogen and oxygen atoms in total. The lowest BCUT2D eigenvalue weighted by Gasteiger charge is -2.19. The average Bonchev–Trinajstić information content (AvgIpc) is 2.84. The van der Waals surface area contributed by atoms with E-state index >= 15 is 0 Å². The number of hydrogen-bond acceptors (Lipinski definition) is 5. The van der Waals surface area contributed by atoms with Gasteiger partial charge >= 0.3 is 0 Å². The highest BCUT2D eigenvalue weighted by molar-refractivity contribution is 6.04. The topological polar surface area (TPSA) is 60.0 Å². The predicted molar refractivity (Wildman–Crippen MR) is 127 cm³/mol. The van der Waals surface area contributed by atoms with Crippen molar-refractivity contribution in [2.45, 2.75) is 6.92 Å². The number of carbonyl (C=O) groups excluding carboxylic acids is 1. The highest BCUT2D eigenvalue weighted by atomic mass is 19.1. The van der Waals surface area contributed by atoms with Crippen LogP contribution >= 0.6 is 0 Å². The summed E-state index contributed by atoms with van der Waals surface area (Å²) in [6.07, 6.45) is 0. The lowest BCUT2D eigenvalue weighted by Crippen LogP contribution is -2.30. The van der Waals surface area contributed by atoms with Crippen molar-refractivity contribution < 1.29 is 23.4 Å². The molecule has 33 heavy (non-hydrogen) atoms. The fourth-order valence-electron chi connectivity index (χ4n) is 3.20. The van der Waals surface area contributed by atoms with Gasteiger partial charge in [0.2, 0.25) is 0 Å². The number of nitrogens with zero attached hydrogens (tertiary/aromatic N) is 1. The van der Waals surface area contributed by atoms with Gasteiger partial charge in [0.05, 0.1) is 7.11 Å². The Balaban J connectivity index is 1.61. The van der Waals surface area contributed by atoms with E-state index in [4.69, 9.17) is 14.2 Å². The molecule has 3 aromatic carbocycles. The lowest BCUT2D eigenvalue weighted by atomic mass is 10.2. The Morgan fingerprint density at radius 3 is 2.33 bits per heavy atom. The Bertz CT molecular complexity index is 1010. The van der Waals surface area contributed by atoms with Crippen LogP contribution in [-0.2, 0) is 0 Å². The predicted octanol–water partition coefficient (Wildman–Crippen LogP) is 5.41. The smallest absolute Gasteiger partial charge is 0.255 e. The molecule has 0 fully saturated rings. The lowest BCUT2D eigenvalue weighted by molar-refractivity contribution is 0.102. The quantitative estimate of drug-likeness (QED) is 0.398. The normalized spacial score (nSPS) is 10.7. The highest BCUT2D eigenvalue weighted by Crippen LogP contribution is 2.30. The van der Waals surface area contributed by atoms with Gasteiger partial charge in [-0.05, 0) is 55.1 Å². The number of ether oxygens (including phenoxy) is 3. The van der Waals surface area contributed by atoms with Crippen molar-refractivity contribution in [3.63, 3.8) is 0 Å². The summed E-state index contributed by atoms with van der Waals surface area (Å²) in [6.45, 7) is 3.69. The highest BCUT2D eigenvalue weighted by Gasteiger charge is 2.11. The van der Waals surface area contributed by atoms with E-state index in [-0.39, 0.29) is 5.91 Å². The molecule has 0 unspecified atom stereocenters. The Labute approximate surface area is 193 Å². The van der Waals surface area contributed by atoms with Gasteiger partial charge in [-0.25, -0.2) is 4.39 Å². The van der Waals surface area contributed by atoms with Gasteiger partial charge in [0.1, 0.15) is 24.8 Å². The molecule has 0 atom stereocenters. The van der Waals surface area contributed by atoms with Gasteiger partial charge < -0.3 is 19.5 Å². The first-order chi connectivity index (χ1) is 16.1. The number of nitrogens with one attached hydrogen (secondary N) is 1. The third kappa shape index (κ3) is 7.22. The van der Waals surface area contributed by atoms with Crippen molar-refractivity contribution in [2.24, 2.45) is 0 Å². The summed E-state index contributed by atoms with van der Waals surface area (Å²) in [5, 5.41) is 2.87. The van der Waals surface area contributed by atoms with Crippen molar-refractivity contribution in [3.05, 3.63) is 78.4 Å². The second-order valence-corrected chi connectivity index (χ2v) is 7.23. The number of halogens is 1. The molecule has 3 rings (SSSR count). The van der Waals surface area contributed by atoms with Crippen LogP contribution in [0.4, 0.5) is 10.1 Å². The molecule has 0 saturated carbocycles. The van der Waals surface area contributed by atoms with E-state index in [0.29, 0.717) is 48.2 Å². The average molecular weight is 453 g/mol. The number of hydrogen-bond donors (Lipinski definition) is 1. The molecule has 0 saturated heterocycles. The largest absolute Gasteiger partial charge is 0.493 e. The number of amides is 1. The van der Waals surface area contributed by atoms with Gasteiger partial charge in [-0.2, -0.15) is 0 Å². The van der Waals surface area contributed by atoms with Crippen molar-refractivity contribution in [2.75, 3.05) is 45.3 Å². The van der Waals surface area contributed by atoms with Crippen LogP contribution in [0.15, 0.2) is 72.8 Å². The summed E-state index contributed by atoms with van der Waals surface area (Å²) in [5.74, 6) is 2.19. The van der Waals surface area contributed by atoms with E-state index in [1.165, 1.54) is 0 Å². The second kappa shape index (κ2) is 12.5. The van der Waals surface area contributed by atoms with Crippen molar-refractivity contribution in [1.82, 2.24) is 4.90 Å². The fourth-order valence-corrected chi connectivity index (χ4v) is 3.20. The minimum atomic E-state index is -0.391. The van der Waals surface area contributed by atoms with Crippen LogP contribution in [0.1, 0.15) is 17.3 Å². The Morgan fingerprint density at radius 2 is 1.67 bits per heavy atom. The number of alkyl halides is 1. The second-order valence-electron chi connectivity index (χ2n) is 7.23. The maximum absolute atomic E-state index is 12.7. The van der Waals surface area contributed by atoms with E-state index in [1.54, 1.807) is 49.6 Å². The van der Waals surface area contributed by atoms with Crippen molar-refractivity contribution in [3.8, 4) is 23.0 Å². The molecule has 0 aliphatic heterocycles. The molecule has 174 valence electrons. The summed E-state index contributed by atoms with van der Waals surface area (Å²) in [6, 6.07) is 21.6. The first kappa shape index (κ1) is 24.1. The zero-order chi connectivity index (χ0) is 23.5. The molecule has 1 amide bonds. The van der Waals surface area contributed by atoms with Gasteiger partial charge in [0, 0.05) is 30.4 Å². The van der Waals surface area contributed by atoms with E-state index in [2.05, 4.69) is 5.32 Å². The minimum absolute atomic E-state index is 0.252. The molecule has 0 spiro atoms. The maximum Gasteiger partial charge on any atom is 0.255 e. The maximum atomic E-state index is 12.7. The van der Waals surface area contributed by atoms with Crippen LogP contribution in [0.3, 0.4) is 0 Å². The van der Waals surface area contributed by atoms with Crippen LogP contribution in [0.2, 0.25) is 0 Å². The van der Waals surface area contributed by atoms with E-state index in [0.717, 1.165) is 12.3 Å². The molecular weight excluding hydrogens is 423 g/mol. The van der Waals surface area contributed by atoms with Crippen molar-refractivity contribution >= 4 is 11.6 Å². The fraction of sp³-hybridized carbons (Fsp3) is 0.269. The zero-order valence-corrected chi connectivity index (χ0v) is 18.9. The molecule has 0 aromatic heterocycles.